The lowest BCUT2D eigenvalue weighted by molar-refractivity contribution is -0.152. The molecule has 0 amide bonds. The first-order chi connectivity index (χ1) is 8.21. The van der Waals surface area contributed by atoms with Gasteiger partial charge in [0.1, 0.15) is 5.41 Å². The van der Waals surface area contributed by atoms with Crippen LogP contribution in [0.15, 0.2) is 4.99 Å². The molecule has 3 heteroatoms. The molecule has 17 heavy (non-hydrogen) atoms. The Morgan fingerprint density at radius 3 is 2.35 bits per heavy atom. The van der Waals surface area contributed by atoms with Crippen LogP contribution in [0.2, 0.25) is 0 Å². The van der Waals surface area contributed by atoms with Crippen molar-refractivity contribution >= 4 is 11.7 Å². The first-order valence-electron chi connectivity index (χ1n) is 6.92. The second-order valence-corrected chi connectivity index (χ2v) is 4.73. The van der Waals surface area contributed by atoms with Gasteiger partial charge in [0.25, 0.3) is 0 Å². The highest BCUT2D eigenvalue weighted by molar-refractivity contribution is 6.07. The van der Waals surface area contributed by atoms with Crippen LogP contribution in [0.25, 0.3) is 0 Å². The fraction of sp³-hybridized carbons (Fsp3) is 0.857. The number of esters is 1. The van der Waals surface area contributed by atoms with E-state index < -0.39 is 5.41 Å². The number of hydrogen-bond acceptors (Lipinski definition) is 3. The van der Waals surface area contributed by atoms with Crippen molar-refractivity contribution in [2.24, 2.45) is 10.4 Å². The molecule has 0 spiro atoms. The molecular formula is C14H25NO2. The average molecular weight is 239 g/mol. The third-order valence-corrected chi connectivity index (χ3v) is 3.45. The summed E-state index contributed by atoms with van der Waals surface area (Å²) in [4.78, 5) is 16.9. The summed E-state index contributed by atoms with van der Waals surface area (Å²) in [5.41, 5.74) is 0.676. The van der Waals surface area contributed by atoms with E-state index >= 15 is 0 Å². The second-order valence-electron chi connectivity index (χ2n) is 4.73. The maximum Gasteiger partial charge on any atom is 0.317 e. The van der Waals surface area contributed by atoms with Gasteiger partial charge in [0.2, 0.25) is 0 Å². The van der Waals surface area contributed by atoms with Gasteiger partial charge in [-0.15, -0.1) is 0 Å². The predicted molar refractivity (Wildman–Crippen MR) is 70.4 cm³/mol. The molecule has 0 bridgehead atoms. The van der Waals surface area contributed by atoms with E-state index in [0.29, 0.717) is 6.61 Å². The molecule has 0 N–H and O–H groups in total. The van der Waals surface area contributed by atoms with Gasteiger partial charge in [-0.25, -0.2) is 0 Å². The highest BCUT2D eigenvalue weighted by Crippen LogP contribution is 2.36. The normalized spacial score (nSPS) is 15.8. The Kier molecular flexibility index (Phi) is 5.66. The number of ether oxygens (including phenoxy) is 1. The standard InChI is InChI=1S/C14H25NO2/c1-4-9-14(10-5-2,13(16)17-6-3)12-8-7-11-15-12/h4-11H2,1-3H3. The van der Waals surface area contributed by atoms with E-state index in [4.69, 9.17) is 4.74 Å². The Morgan fingerprint density at radius 1 is 1.29 bits per heavy atom. The van der Waals surface area contributed by atoms with Crippen molar-refractivity contribution in [1.29, 1.82) is 0 Å². The SMILES string of the molecule is CCCC(CCC)(C(=O)OCC)C1=NCCC1. The van der Waals surface area contributed by atoms with Crippen molar-refractivity contribution in [2.45, 2.75) is 59.3 Å². The number of rotatable bonds is 7. The minimum atomic E-state index is -0.421. The Hall–Kier alpha value is -0.860. The van der Waals surface area contributed by atoms with Crippen molar-refractivity contribution in [3.05, 3.63) is 0 Å². The molecule has 0 unspecified atom stereocenters. The molecule has 0 saturated carbocycles. The molecule has 1 heterocycles. The van der Waals surface area contributed by atoms with E-state index in [1.165, 1.54) is 0 Å². The quantitative estimate of drug-likeness (QED) is 0.639. The molecule has 0 saturated heterocycles. The number of aliphatic imine (C=N–C) groups is 1. The van der Waals surface area contributed by atoms with Crippen LogP contribution in [0.1, 0.15) is 59.3 Å². The highest BCUT2D eigenvalue weighted by atomic mass is 16.5. The smallest absolute Gasteiger partial charge is 0.317 e. The zero-order chi connectivity index (χ0) is 12.7. The molecule has 1 rings (SSSR count). The van der Waals surface area contributed by atoms with E-state index in [2.05, 4.69) is 18.8 Å². The van der Waals surface area contributed by atoms with E-state index in [1.54, 1.807) is 0 Å². The molecular weight excluding hydrogens is 214 g/mol. The Morgan fingerprint density at radius 2 is 1.94 bits per heavy atom. The summed E-state index contributed by atoms with van der Waals surface area (Å²) in [6, 6.07) is 0. The van der Waals surface area contributed by atoms with E-state index in [9.17, 15) is 4.79 Å². The molecule has 0 aromatic rings. The molecule has 0 atom stereocenters. The fourth-order valence-corrected chi connectivity index (χ4v) is 2.79. The zero-order valence-corrected chi connectivity index (χ0v) is 11.4. The van der Waals surface area contributed by atoms with Gasteiger partial charge < -0.3 is 4.74 Å². The maximum atomic E-state index is 12.3. The maximum absolute atomic E-state index is 12.3. The van der Waals surface area contributed by atoms with Crippen molar-refractivity contribution in [2.75, 3.05) is 13.2 Å². The summed E-state index contributed by atoms with van der Waals surface area (Å²) in [5.74, 6) is -0.0515. The first kappa shape index (κ1) is 14.2. The summed E-state index contributed by atoms with van der Waals surface area (Å²) in [5, 5.41) is 0. The Bertz CT molecular complexity index is 278. The number of nitrogens with zero attached hydrogens (tertiary/aromatic N) is 1. The average Bonchev–Trinajstić information content (AvgIpc) is 2.82. The zero-order valence-electron chi connectivity index (χ0n) is 11.4. The fourth-order valence-electron chi connectivity index (χ4n) is 2.79. The summed E-state index contributed by atoms with van der Waals surface area (Å²) in [6.45, 7) is 7.46. The van der Waals surface area contributed by atoms with Gasteiger partial charge in [0.15, 0.2) is 0 Å². The molecule has 98 valence electrons. The van der Waals surface area contributed by atoms with Crippen molar-refractivity contribution in [1.82, 2.24) is 0 Å². The predicted octanol–water partition coefficient (Wildman–Crippen LogP) is 3.37. The lowest BCUT2D eigenvalue weighted by atomic mass is 9.74. The molecule has 0 radical (unpaired) electrons. The van der Waals surface area contributed by atoms with E-state index in [-0.39, 0.29) is 5.97 Å². The molecule has 0 aliphatic carbocycles. The lowest BCUT2D eigenvalue weighted by Gasteiger charge is -2.31. The molecule has 0 aromatic carbocycles. The summed E-state index contributed by atoms with van der Waals surface area (Å²) < 4.78 is 5.31. The van der Waals surface area contributed by atoms with Crippen LogP contribution >= 0.6 is 0 Å². The van der Waals surface area contributed by atoms with Gasteiger partial charge in [0.05, 0.1) is 6.61 Å². The van der Waals surface area contributed by atoms with Gasteiger partial charge >= 0.3 is 5.97 Å². The van der Waals surface area contributed by atoms with Crippen molar-refractivity contribution in [3.8, 4) is 0 Å². The first-order valence-corrected chi connectivity index (χ1v) is 6.92. The summed E-state index contributed by atoms with van der Waals surface area (Å²) in [7, 11) is 0. The van der Waals surface area contributed by atoms with Crippen LogP contribution in [-0.4, -0.2) is 24.8 Å². The monoisotopic (exact) mass is 239 g/mol. The number of carbonyl (C=O) groups excluding carboxylic acids is 1. The van der Waals surface area contributed by atoms with Crippen LogP contribution in [0.3, 0.4) is 0 Å². The molecule has 0 fully saturated rings. The summed E-state index contributed by atoms with van der Waals surface area (Å²) in [6.07, 6.45) is 5.80. The van der Waals surface area contributed by atoms with Crippen LogP contribution in [0.4, 0.5) is 0 Å². The topological polar surface area (TPSA) is 38.7 Å². The van der Waals surface area contributed by atoms with Crippen molar-refractivity contribution in [3.63, 3.8) is 0 Å². The Labute approximate surface area is 105 Å². The number of carbonyl (C=O) groups is 1. The molecule has 3 nitrogen and oxygen atoms in total. The summed E-state index contributed by atoms with van der Waals surface area (Å²) >= 11 is 0. The van der Waals surface area contributed by atoms with Crippen LogP contribution in [0.5, 0.6) is 0 Å². The van der Waals surface area contributed by atoms with E-state index in [1.807, 2.05) is 6.92 Å². The van der Waals surface area contributed by atoms with Gasteiger partial charge in [-0.1, -0.05) is 26.7 Å². The highest BCUT2D eigenvalue weighted by Gasteiger charge is 2.43. The van der Waals surface area contributed by atoms with Gasteiger partial charge in [-0.05, 0) is 32.6 Å². The third kappa shape index (κ3) is 3.08. The molecule has 0 aromatic heterocycles. The van der Waals surface area contributed by atoms with Gasteiger partial charge in [0, 0.05) is 12.3 Å². The van der Waals surface area contributed by atoms with Crippen LogP contribution in [-0.2, 0) is 9.53 Å². The molecule has 1 aliphatic rings. The number of hydrogen-bond donors (Lipinski definition) is 0. The van der Waals surface area contributed by atoms with E-state index in [0.717, 1.165) is 50.8 Å². The molecule has 1 aliphatic heterocycles. The lowest BCUT2D eigenvalue weighted by Crippen LogP contribution is -2.40. The van der Waals surface area contributed by atoms with Crippen molar-refractivity contribution < 1.29 is 9.53 Å². The minimum absolute atomic E-state index is 0.0515. The van der Waals surface area contributed by atoms with Crippen LogP contribution < -0.4 is 0 Å². The Balaban J connectivity index is 2.97. The van der Waals surface area contributed by atoms with Crippen LogP contribution in [0, 0.1) is 5.41 Å². The van der Waals surface area contributed by atoms with Gasteiger partial charge in [-0.2, -0.15) is 0 Å². The van der Waals surface area contributed by atoms with Gasteiger partial charge in [-0.3, -0.25) is 9.79 Å². The second kappa shape index (κ2) is 6.77. The third-order valence-electron chi connectivity index (χ3n) is 3.45. The minimum Gasteiger partial charge on any atom is -0.465 e. The largest absolute Gasteiger partial charge is 0.465 e.